The fourth-order valence-electron chi connectivity index (χ4n) is 3.74. The first-order valence-corrected chi connectivity index (χ1v) is 12.3. The molecule has 3 rings (SSSR count). The number of ether oxygens (including phenoxy) is 1. The number of nitrogens with zero attached hydrogens (tertiary/aromatic N) is 1. The largest absolute Gasteiger partial charge is 0.484 e. The molecule has 0 radical (unpaired) electrons. The number of hydrogen-bond donors (Lipinski definition) is 1. The Kier molecular flexibility index (Phi) is 9.26. The first-order valence-electron chi connectivity index (χ1n) is 10.8. The second-order valence-corrected chi connectivity index (χ2v) is 9.76. The zero-order valence-electron chi connectivity index (χ0n) is 18.0. The molecule has 2 aromatic rings. The molecule has 1 N–H and O–H groups in total. The van der Waals surface area contributed by atoms with Crippen LogP contribution in [-0.4, -0.2) is 35.4 Å². The van der Waals surface area contributed by atoms with Crippen LogP contribution in [0.3, 0.4) is 0 Å². The standard InChI is InChI=1S/C24H27BrCl2N2O3/c1-16(24(31)28-19-5-3-2-4-6-19)29(14-17-7-12-21(26)22(27)13-17)23(30)15-32-20-10-8-18(25)9-11-20/h7-13,16,19H,2-6,14-15H2,1H3,(H,28,31)/t16-/m0/s1. The molecule has 1 atom stereocenters. The minimum atomic E-state index is -0.660. The van der Waals surface area contributed by atoms with Crippen LogP contribution in [0.1, 0.15) is 44.6 Å². The minimum absolute atomic E-state index is 0.158. The molecular formula is C24H27BrCl2N2O3. The maximum Gasteiger partial charge on any atom is 0.261 e. The molecule has 172 valence electrons. The summed E-state index contributed by atoms with van der Waals surface area (Å²) in [5.41, 5.74) is 0.786. The van der Waals surface area contributed by atoms with Gasteiger partial charge in [0.05, 0.1) is 10.0 Å². The van der Waals surface area contributed by atoms with E-state index >= 15 is 0 Å². The molecule has 1 aliphatic carbocycles. The average Bonchev–Trinajstić information content (AvgIpc) is 2.79. The van der Waals surface area contributed by atoms with Gasteiger partial charge in [0.25, 0.3) is 5.91 Å². The van der Waals surface area contributed by atoms with E-state index in [1.165, 1.54) is 11.3 Å². The molecular weight excluding hydrogens is 515 g/mol. The smallest absolute Gasteiger partial charge is 0.261 e. The molecule has 0 aromatic heterocycles. The van der Waals surface area contributed by atoms with Crippen molar-refractivity contribution in [1.82, 2.24) is 10.2 Å². The lowest BCUT2D eigenvalue weighted by molar-refractivity contribution is -0.142. The minimum Gasteiger partial charge on any atom is -0.484 e. The van der Waals surface area contributed by atoms with Gasteiger partial charge in [-0.05, 0) is 61.7 Å². The third kappa shape index (κ3) is 7.12. The maximum atomic E-state index is 13.1. The molecule has 0 heterocycles. The molecule has 0 aliphatic heterocycles. The summed E-state index contributed by atoms with van der Waals surface area (Å²) in [5.74, 6) is 0.134. The second-order valence-electron chi connectivity index (χ2n) is 8.03. The molecule has 0 bridgehead atoms. The van der Waals surface area contributed by atoms with Gasteiger partial charge in [-0.1, -0.05) is 64.5 Å². The molecule has 2 aromatic carbocycles. The average molecular weight is 542 g/mol. The second kappa shape index (κ2) is 11.9. The van der Waals surface area contributed by atoms with Gasteiger partial charge in [-0.25, -0.2) is 0 Å². The van der Waals surface area contributed by atoms with Crippen molar-refractivity contribution in [3.8, 4) is 5.75 Å². The molecule has 8 heteroatoms. The van der Waals surface area contributed by atoms with Crippen molar-refractivity contribution in [2.75, 3.05) is 6.61 Å². The summed E-state index contributed by atoms with van der Waals surface area (Å²) in [5, 5.41) is 3.96. The summed E-state index contributed by atoms with van der Waals surface area (Å²) < 4.78 is 6.59. The Morgan fingerprint density at radius 2 is 1.78 bits per heavy atom. The molecule has 1 fully saturated rings. The molecule has 32 heavy (non-hydrogen) atoms. The Bertz CT molecular complexity index is 933. The molecule has 2 amide bonds. The van der Waals surface area contributed by atoms with Crippen molar-refractivity contribution in [2.24, 2.45) is 0 Å². The zero-order chi connectivity index (χ0) is 23.1. The summed E-state index contributed by atoms with van der Waals surface area (Å²) in [6.07, 6.45) is 5.40. The SMILES string of the molecule is C[C@@H](C(=O)NC1CCCCC1)N(Cc1ccc(Cl)c(Cl)c1)C(=O)COc1ccc(Br)cc1. The van der Waals surface area contributed by atoms with Crippen LogP contribution in [0.15, 0.2) is 46.9 Å². The highest BCUT2D eigenvalue weighted by atomic mass is 79.9. The number of benzene rings is 2. The van der Waals surface area contributed by atoms with Crippen LogP contribution in [0.2, 0.25) is 10.0 Å². The lowest BCUT2D eigenvalue weighted by Gasteiger charge is -2.31. The molecule has 0 saturated heterocycles. The number of carbonyl (C=O) groups excluding carboxylic acids is 2. The Hall–Kier alpha value is -1.76. The maximum absolute atomic E-state index is 13.1. The van der Waals surface area contributed by atoms with E-state index in [0.29, 0.717) is 15.8 Å². The van der Waals surface area contributed by atoms with Gasteiger partial charge in [-0.3, -0.25) is 9.59 Å². The number of nitrogens with one attached hydrogen (secondary N) is 1. The Labute approximate surface area is 207 Å². The van der Waals surface area contributed by atoms with Crippen molar-refractivity contribution in [3.63, 3.8) is 0 Å². The van der Waals surface area contributed by atoms with Crippen molar-refractivity contribution < 1.29 is 14.3 Å². The highest BCUT2D eigenvalue weighted by Gasteiger charge is 2.28. The topological polar surface area (TPSA) is 58.6 Å². The van der Waals surface area contributed by atoms with Gasteiger partial charge in [-0.2, -0.15) is 0 Å². The normalized spacial score (nSPS) is 15.1. The summed E-state index contributed by atoms with van der Waals surface area (Å²) in [6.45, 7) is 1.79. The van der Waals surface area contributed by atoms with E-state index in [1.807, 2.05) is 12.1 Å². The summed E-state index contributed by atoms with van der Waals surface area (Å²) in [6, 6.07) is 11.9. The third-order valence-corrected chi connectivity index (χ3v) is 6.90. The number of halogens is 3. The molecule has 1 saturated carbocycles. The number of rotatable bonds is 8. The Morgan fingerprint density at radius 1 is 1.09 bits per heavy atom. The van der Waals surface area contributed by atoms with E-state index in [9.17, 15) is 9.59 Å². The van der Waals surface area contributed by atoms with Gasteiger partial charge < -0.3 is 15.0 Å². The Balaban J connectivity index is 1.72. The monoisotopic (exact) mass is 540 g/mol. The van der Waals surface area contributed by atoms with Crippen LogP contribution in [0.25, 0.3) is 0 Å². The quantitative estimate of drug-likeness (QED) is 0.445. The molecule has 1 aliphatic rings. The lowest BCUT2D eigenvalue weighted by Crippen LogP contribution is -2.51. The van der Waals surface area contributed by atoms with Crippen LogP contribution in [0, 0.1) is 0 Å². The van der Waals surface area contributed by atoms with Crippen molar-refractivity contribution in [1.29, 1.82) is 0 Å². The van der Waals surface area contributed by atoms with Gasteiger partial charge in [0.15, 0.2) is 6.61 Å². The number of amides is 2. The number of carbonyl (C=O) groups is 2. The fraction of sp³-hybridized carbons (Fsp3) is 0.417. The summed E-state index contributed by atoms with van der Waals surface area (Å²) in [7, 11) is 0. The number of hydrogen-bond acceptors (Lipinski definition) is 3. The van der Waals surface area contributed by atoms with Gasteiger partial charge in [0.1, 0.15) is 11.8 Å². The van der Waals surface area contributed by atoms with E-state index in [4.69, 9.17) is 27.9 Å². The van der Waals surface area contributed by atoms with Crippen molar-refractivity contribution in [3.05, 3.63) is 62.5 Å². The lowest BCUT2D eigenvalue weighted by atomic mass is 9.95. The van der Waals surface area contributed by atoms with Gasteiger partial charge in [-0.15, -0.1) is 0 Å². The van der Waals surface area contributed by atoms with Crippen molar-refractivity contribution in [2.45, 2.75) is 57.7 Å². The molecule has 5 nitrogen and oxygen atoms in total. The van der Waals surface area contributed by atoms with Gasteiger partial charge in [0.2, 0.25) is 5.91 Å². The predicted molar refractivity (Wildman–Crippen MR) is 131 cm³/mol. The van der Waals surface area contributed by atoms with Crippen LogP contribution in [-0.2, 0) is 16.1 Å². The fourth-order valence-corrected chi connectivity index (χ4v) is 4.33. The highest BCUT2D eigenvalue weighted by molar-refractivity contribution is 9.10. The Morgan fingerprint density at radius 3 is 2.44 bits per heavy atom. The van der Waals surface area contributed by atoms with Crippen LogP contribution in [0.4, 0.5) is 0 Å². The third-order valence-electron chi connectivity index (χ3n) is 5.63. The van der Waals surface area contributed by atoms with Crippen molar-refractivity contribution >= 4 is 50.9 Å². The van der Waals surface area contributed by atoms with E-state index in [0.717, 1.165) is 35.7 Å². The first-order chi connectivity index (χ1) is 15.3. The summed E-state index contributed by atoms with van der Waals surface area (Å²) >= 11 is 15.6. The summed E-state index contributed by atoms with van der Waals surface area (Å²) in [4.78, 5) is 27.6. The first kappa shape index (κ1) is 24.9. The molecule has 0 spiro atoms. The zero-order valence-corrected chi connectivity index (χ0v) is 21.0. The van der Waals surface area contributed by atoms with Crippen LogP contribution in [0.5, 0.6) is 5.75 Å². The van der Waals surface area contributed by atoms with Gasteiger partial charge in [0, 0.05) is 17.1 Å². The van der Waals surface area contributed by atoms with Gasteiger partial charge >= 0.3 is 0 Å². The van der Waals surface area contributed by atoms with E-state index in [-0.39, 0.29) is 31.0 Å². The van der Waals surface area contributed by atoms with E-state index < -0.39 is 6.04 Å². The molecule has 0 unspecified atom stereocenters. The van der Waals surface area contributed by atoms with E-state index in [1.54, 1.807) is 37.3 Å². The van der Waals surface area contributed by atoms with Crippen LogP contribution >= 0.6 is 39.1 Å². The highest BCUT2D eigenvalue weighted by Crippen LogP contribution is 2.24. The predicted octanol–water partition coefficient (Wildman–Crippen LogP) is 6.00. The van der Waals surface area contributed by atoms with E-state index in [2.05, 4.69) is 21.2 Å². The van der Waals surface area contributed by atoms with Crippen LogP contribution < -0.4 is 10.1 Å².